The minimum Gasteiger partial charge on any atom is -0.316 e. The molecule has 0 spiro atoms. The summed E-state index contributed by atoms with van der Waals surface area (Å²) in [5, 5.41) is 6.56. The van der Waals surface area contributed by atoms with Gasteiger partial charge in [0.05, 0.1) is 16.9 Å². The van der Waals surface area contributed by atoms with Crippen LogP contribution in [0.2, 0.25) is 5.02 Å². The van der Waals surface area contributed by atoms with Gasteiger partial charge in [0.2, 0.25) is 0 Å². The fourth-order valence-electron chi connectivity index (χ4n) is 1.92. The second-order valence-electron chi connectivity index (χ2n) is 5.45. The monoisotopic (exact) mass is 343 g/mol. The Morgan fingerprint density at radius 3 is 2.33 bits per heavy atom. The Morgan fingerprint density at radius 2 is 1.71 bits per heavy atom. The number of hydrazone groups is 1. The fourth-order valence-corrected chi connectivity index (χ4v) is 2.11. The summed E-state index contributed by atoms with van der Waals surface area (Å²) in [4.78, 5) is 23.5. The van der Waals surface area contributed by atoms with Crippen LogP contribution in [0.1, 0.15) is 30.9 Å². The third-order valence-electron chi connectivity index (χ3n) is 3.31. The Kier molecular flexibility index (Phi) is 6.09. The molecule has 2 amide bonds. The number of halogens is 1. The average Bonchev–Trinajstić information content (AvgIpc) is 2.57. The second kappa shape index (κ2) is 8.26. The highest BCUT2D eigenvalue weighted by Crippen LogP contribution is 2.20. The number of para-hydroxylation sites is 1. The zero-order chi connectivity index (χ0) is 17.5. The molecule has 0 aliphatic carbocycles. The molecular formula is C18H18ClN3O2. The van der Waals surface area contributed by atoms with Crippen LogP contribution in [0.5, 0.6) is 0 Å². The van der Waals surface area contributed by atoms with Crippen molar-refractivity contribution in [2.75, 3.05) is 5.32 Å². The van der Waals surface area contributed by atoms with E-state index in [1.54, 1.807) is 24.3 Å². The Balaban J connectivity index is 1.90. The molecule has 5 nitrogen and oxygen atoms in total. The lowest BCUT2D eigenvalue weighted by atomic mass is 10.0. The van der Waals surface area contributed by atoms with E-state index in [1.807, 2.05) is 24.3 Å². The summed E-state index contributed by atoms with van der Waals surface area (Å²) in [6, 6.07) is 14.5. The lowest BCUT2D eigenvalue weighted by Gasteiger charge is -2.05. The van der Waals surface area contributed by atoms with E-state index in [2.05, 4.69) is 29.7 Å². The van der Waals surface area contributed by atoms with E-state index in [4.69, 9.17) is 11.6 Å². The molecule has 0 aliphatic heterocycles. The SMILES string of the molecule is CC(C)c1ccc(/C=N/NC(=O)C(=O)Nc2ccccc2Cl)cc1. The minimum atomic E-state index is -0.870. The van der Waals surface area contributed by atoms with E-state index in [1.165, 1.54) is 11.8 Å². The lowest BCUT2D eigenvalue weighted by Crippen LogP contribution is -2.32. The van der Waals surface area contributed by atoms with Crippen LogP contribution in [0.3, 0.4) is 0 Å². The number of carbonyl (C=O) groups is 2. The van der Waals surface area contributed by atoms with Crippen LogP contribution in [0.25, 0.3) is 0 Å². The third-order valence-corrected chi connectivity index (χ3v) is 3.64. The molecule has 0 saturated carbocycles. The number of hydrogen-bond donors (Lipinski definition) is 2. The van der Waals surface area contributed by atoms with Crippen LogP contribution in [0.15, 0.2) is 53.6 Å². The number of carbonyl (C=O) groups excluding carboxylic acids is 2. The number of hydrogen-bond acceptors (Lipinski definition) is 3. The Bertz CT molecular complexity index is 755. The molecule has 0 atom stereocenters. The second-order valence-corrected chi connectivity index (χ2v) is 5.86. The van der Waals surface area contributed by atoms with E-state index in [0.29, 0.717) is 16.6 Å². The van der Waals surface area contributed by atoms with E-state index in [-0.39, 0.29) is 0 Å². The first-order chi connectivity index (χ1) is 11.5. The predicted molar refractivity (Wildman–Crippen MR) is 96.3 cm³/mol. The van der Waals surface area contributed by atoms with Crippen molar-refractivity contribution in [2.24, 2.45) is 5.10 Å². The number of amides is 2. The van der Waals surface area contributed by atoms with Crippen LogP contribution in [0.4, 0.5) is 5.69 Å². The van der Waals surface area contributed by atoms with Crippen molar-refractivity contribution in [3.63, 3.8) is 0 Å². The van der Waals surface area contributed by atoms with Crippen LogP contribution >= 0.6 is 11.6 Å². The maximum absolute atomic E-state index is 11.8. The summed E-state index contributed by atoms with van der Waals surface area (Å²) in [6.07, 6.45) is 1.48. The quantitative estimate of drug-likeness (QED) is 0.506. The van der Waals surface area contributed by atoms with Crippen LogP contribution in [-0.4, -0.2) is 18.0 Å². The first-order valence-electron chi connectivity index (χ1n) is 7.46. The molecule has 0 aromatic heterocycles. The van der Waals surface area contributed by atoms with E-state index in [0.717, 1.165) is 5.56 Å². The molecule has 2 rings (SSSR count). The molecule has 0 fully saturated rings. The van der Waals surface area contributed by atoms with Gasteiger partial charge in [0.25, 0.3) is 0 Å². The molecule has 0 saturated heterocycles. The van der Waals surface area contributed by atoms with Gasteiger partial charge in [-0.1, -0.05) is 61.8 Å². The molecule has 0 bridgehead atoms. The summed E-state index contributed by atoms with van der Waals surface area (Å²) in [7, 11) is 0. The van der Waals surface area contributed by atoms with Crippen molar-refractivity contribution >= 4 is 35.3 Å². The van der Waals surface area contributed by atoms with Gasteiger partial charge in [-0.25, -0.2) is 5.43 Å². The van der Waals surface area contributed by atoms with Gasteiger partial charge in [-0.3, -0.25) is 9.59 Å². The molecule has 0 unspecified atom stereocenters. The Morgan fingerprint density at radius 1 is 1.04 bits per heavy atom. The largest absolute Gasteiger partial charge is 0.329 e. The summed E-state index contributed by atoms with van der Waals surface area (Å²) in [6.45, 7) is 4.22. The van der Waals surface area contributed by atoms with Gasteiger partial charge in [0, 0.05) is 0 Å². The van der Waals surface area contributed by atoms with Crippen LogP contribution < -0.4 is 10.7 Å². The molecular weight excluding hydrogens is 326 g/mol. The zero-order valence-corrected chi connectivity index (χ0v) is 14.2. The van der Waals surface area contributed by atoms with E-state index < -0.39 is 11.8 Å². The average molecular weight is 344 g/mol. The zero-order valence-electron chi connectivity index (χ0n) is 13.4. The molecule has 0 heterocycles. The lowest BCUT2D eigenvalue weighted by molar-refractivity contribution is -0.136. The highest BCUT2D eigenvalue weighted by molar-refractivity contribution is 6.41. The maximum Gasteiger partial charge on any atom is 0.329 e. The standard InChI is InChI=1S/C18H18ClN3O2/c1-12(2)14-9-7-13(8-10-14)11-20-22-18(24)17(23)21-16-6-4-3-5-15(16)19/h3-12H,1-2H3,(H,21,23)(H,22,24)/b20-11+. The normalized spacial score (nSPS) is 10.8. The van der Waals surface area contributed by atoms with Crippen molar-refractivity contribution in [1.29, 1.82) is 0 Å². The number of anilines is 1. The molecule has 2 N–H and O–H groups in total. The first kappa shape index (κ1) is 17.7. The summed E-state index contributed by atoms with van der Waals surface area (Å²) < 4.78 is 0. The Hall–Kier alpha value is -2.66. The van der Waals surface area contributed by atoms with Crippen molar-refractivity contribution in [2.45, 2.75) is 19.8 Å². The van der Waals surface area contributed by atoms with Crippen molar-refractivity contribution in [3.8, 4) is 0 Å². The highest BCUT2D eigenvalue weighted by atomic mass is 35.5. The van der Waals surface area contributed by atoms with Gasteiger partial charge in [0.1, 0.15) is 0 Å². The van der Waals surface area contributed by atoms with Crippen LogP contribution in [-0.2, 0) is 9.59 Å². The molecule has 6 heteroatoms. The number of nitrogens with one attached hydrogen (secondary N) is 2. The van der Waals surface area contributed by atoms with E-state index >= 15 is 0 Å². The highest BCUT2D eigenvalue weighted by Gasteiger charge is 2.13. The topological polar surface area (TPSA) is 70.6 Å². The van der Waals surface area contributed by atoms with Gasteiger partial charge in [-0.15, -0.1) is 0 Å². The van der Waals surface area contributed by atoms with Gasteiger partial charge in [-0.05, 0) is 29.2 Å². The third kappa shape index (κ3) is 4.93. The van der Waals surface area contributed by atoms with Gasteiger partial charge in [0.15, 0.2) is 0 Å². The summed E-state index contributed by atoms with van der Waals surface area (Å²) in [5.41, 5.74) is 4.59. The maximum atomic E-state index is 11.8. The van der Waals surface area contributed by atoms with Crippen molar-refractivity contribution in [3.05, 3.63) is 64.7 Å². The summed E-state index contributed by atoms with van der Waals surface area (Å²) in [5.74, 6) is -1.26. The molecule has 24 heavy (non-hydrogen) atoms. The number of nitrogens with zero attached hydrogens (tertiary/aromatic N) is 1. The molecule has 2 aromatic rings. The van der Waals surface area contributed by atoms with Gasteiger partial charge >= 0.3 is 11.8 Å². The van der Waals surface area contributed by atoms with Crippen molar-refractivity contribution in [1.82, 2.24) is 5.43 Å². The van der Waals surface area contributed by atoms with Crippen LogP contribution in [0, 0.1) is 0 Å². The van der Waals surface area contributed by atoms with Gasteiger partial charge in [-0.2, -0.15) is 5.10 Å². The summed E-state index contributed by atoms with van der Waals surface area (Å²) >= 11 is 5.92. The Labute approximate surface area is 145 Å². The smallest absolute Gasteiger partial charge is 0.316 e. The molecule has 0 aliphatic rings. The minimum absolute atomic E-state index is 0.354. The number of benzene rings is 2. The fraction of sp³-hybridized carbons (Fsp3) is 0.167. The first-order valence-corrected chi connectivity index (χ1v) is 7.84. The van der Waals surface area contributed by atoms with Gasteiger partial charge < -0.3 is 5.32 Å². The van der Waals surface area contributed by atoms with Crippen molar-refractivity contribution < 1.29 is 9.59 Å². The molecule has 124 valence electrons. The molecule has 2 aromatic carbocycles. The predicted octanol–water partition coefficient (Wildman–Crippen LogP) is 3.55. The molecule has 0 radical (unpaired) electrons. The van der Waals surface area contributed by atoms with E-state index in [9.17, 15) is 9.59 Å². The number of rotatable bonds is 4.